The first-order valence-corrected chi connectivity index (χ1v) is 9.33. The van der Waals surface area contributed by atoms with E-state index in [0.717, 1.165) is 30.0 Å². The van der Waals surface area contributed by atoms with Crippen LogP contribution in [0.4, 0.5) is 11.4 Å². The smallest absolute Gasteiger partial charge is 0.248 e. The lowest BCUT2D eigenvalue weighted by Gasteiger charge is -2.36. The number of piperazine rings is 1. The summed E-state index contributed by atoms with van der Waals surface area (Å²) in [7, 11) is 0. The number of rotatable bonds is 5. The predicted molar refractivity (Wildman–Crippen MR) is 110 cm³/mol. The number of nitrogens with one attached hydrogen (secondary N) is 1. The first kappa shape index (κ1) is 18.7. The predicted octanol–water partition coefficient (Wildman–Crippen LogP) is 3.40. The van der Waals surface area contributed by atoms with Gasteiger partial charge in [-0.2, -0.15) is 0 Å². The van der Waals surface area contributed by atoms with Crippen molar-refractivity contribution in [3.8, 4) is 0 Å². The second-order valence-electron chi connectivity index (χ2n) is 6.47. The molecule has 1 aliphatic rings. The van der Waals surface area contributed by atoms with Gasteiger partial charge in [-0.15, -0.1) is 0 Å². The van der Waals surface area contributed by atoms with E-state index in [0.29, 0.717) is 19.5 Å². The molecule has 2 aromatic rings. The van der Waals surface area contributed by atoms with Gasteiger partial charge in [0.1, 0.15) is 0 Å². The van der Waals surface area contributed by atoms with Crippen LogP contribution in [-0.4, -0.2) is 42.9 Å². The molecule has 27 heavy (non-hydrogen) atoms. The van der Waals surface area contributed by atoms with Crippen molar-refractivity contribution in [3.63, 3.8) is 0 Å². The molecule has 1 saturated heterocycles. The Hall–Kier alpha value is -3.08. The van der Waals surface area contributed by atoms with Gasteiger partial charge >= 0.3 is 0 Å². The number of hydrogen-bond donors (Lipinski definition) is 1. The Morgan fingerprint density at radius 2 is 1.63 bits per heavy atom. The Morgan fingerprint density at radius 3 is 2.33 bits per heavy atom. The lowest BCUT2D eigenvalue weighted by molar-refractivity contribution is -0.131. The molecule has 0 bridgehead atoms. The lowest BCUT2D eigenvalue weighted by atomic mass is 10.2. The van der Waals surface area contributed by atoms with Crippen LogP contribution in [0.15, 0.2) is 60.7 Å². The van der Waals surface area contributed by atoms with E-state index >= 15 is 0 Å². The van der Waals surface area contributed by atoms with Gasteiger partial charge in [-0.05, 0) is 23.8 Å². The van der Waals surface area contributed by atoms with Crippen molar-refractivity contribution < 1.29 is 9.59 Å². The minimum atomic E-state index is -0.161. The van der Waals surface area contributed by atoms with E-state index in [1.54, 1.807) is 12.2 Å². The maximum Gasteiger partial charge on any atom is 0.248 e. The van der Waals surface area contributed by atoms with Gasteiger partial charge in [-0.3, -0.25) is 9.59 Å². The van der Waals surface area contributed by atoms with Crippen molar-refractivity contribution in [2.24, 2.45) is 0 Å². The number of nitrogens with zero attached hydrogens (tertiary/aromatic N) is 2. The molecule has 5 nitrogen and oxygen atoms in total. The van der Waals surface area contributed by atoms with E-state index in [-0.39, 0.29) is 11.8 Å². The Labute approximate surface area is 160 Å². The summed E-state index contributed by atoms with van der Waals surface area (Å²) >= 11 is 0. The standard InChI is InChI=1S/C22H25N3O2/c1-2-22(27)25-16-14-24(15-17-25)20-11-7-6-10-19(20)23-21(26)13-12-18-8-4-3-5-9-18/h3-13H,2,14-17H2,1H3,(H,23,26)/b13-12+. The highest BCUT2D eigenvalue weighted by atomic mass is 16.2. The van der Waals surface area contributed by atoms with Crippen molar-refractivity contribution in [3.05, 3.63) is 66.2 Å². The van der Waals surface area contributed by atoms with Crippen molar-refractivity contribution in [1.82, 2.24) is 4.90 Å². The average Bonchev–Trinajstić information content (AvgIpc) is 2.73. The molecule has 0 aromatic heterocycles. The van der Waals surface area contributed by atoms with Crippen LogP contribution < -0.4 is 10.2 Å². The van der Waals surface area contributed by atoms with E-state index in [4.69, 9.17) is 0 Å². The van der Waals surface area contributed by atoms with E-state index in [1.165, 1.54) is 0 Å². The van der Waals surface area contributed by atoms with Crippen LogP contribution >= 0.6 is 0 Å². The summed E-state index contributed by atoms with van der Waals surface area (Å²) in [6.45, 7) is 4.84. The van der Waals surface area contributed by atoms with Crippen molar-refractivity contribution in [2.45, 2.75) is 13.3 Å². The van der Waals surface area contributed by atoms with Crippen molar-refractivity contribution in [2.75, 3.05) is 36.4 Å². The Balaban J connectivity index is 1.65. The van der Waals surface area contributed by atoms with Crippen LogP contribution in [-0.2, 0) is 9.59 Å². The van der Waals surface area contributed by atoms with Crippen LogP contribution in [0.2, 0.25) is 0 Å². The molecule has 0 radical (unpaired) electrons. The quantitative estimate of drug-likeness (QED) is 0.829. The molecule has 140 valence electrons. The van der Waals surface area contributed by atoms with Gasteiger partial charge in [-0.1, -0.05) is 49.4 Å². The van der Waals surface area contributed by atoms with E-state index in [1.807, 2.05) is 66.4 Å². The number of hydrogen-bond acceptors (Lipinski definition) is 3. The first-order valence-electron chi connectivity index (χ1n) is 9.33. The zero-order valence-electron chi connectivity index (χ0n) is 15.6. The van der Waals surface area contributed by atoms with Gasteiger partial charge in [0.15, 0.2) is 0 Å². The third-order valence-electron chi connectivity index (χ3n) is 4.66. The van der Waals surface area contributed by atoms with Crippen LogP contribution in [0.25, 0.3) is 6.08 Å². The average molecular weight is 363 g/mol. The fraction of sp³-hybridized carbons (Fsp3) is 0.273. The zero-order chi connectivity index (χ0) is 19.1. The summed E-state index contributed by atoms with van der Waals surface area (Å²) in [5, 5.41) is 2.98. The third kappa shape index (κ3) is 4.97. The number of amides is 2. The summed E-state index contributed by atoms with van der Waals surface area (Å²) in [5.41, 5.74) is 2.76. The SMILES string of the molecule is CCC(=O)N1CCN(c2ccccc2NC(=O)/C=C/c2ccccc2)CC1. The molecular formula is C22H25N3O2. The highest BCUT2D eigenvalue weighted by Crippen LogP contribution is 2.26. The number of anilines is 2. The summed E-state index contributed by atoms with van der Waals surface area (Å²) < 4.78 is 0. The number of carbonyl (C=O) groups excluding carboxylic acids is 2. The minimum absolute atomic E-state index is 0.161. The summed E-state index contributed by atoms with van der Waals surface area (Å²) in [6.07, 6.45) is 3.89. The topological polar surface area (TPSA) is 52.7 Å². The lowest BCUT2D eigenvalue weighted by Crippen LogP contribution is -2.48. The largest absolute Gasteiger partial charge is 0.366 e. The van der Waals surface area contributed by atoms with Gasteiger partial charge < -0.3 is 15.1 Å². The van der Waals surface area contributed by atoms with E-state index < -0.39 is 0 Å². The molecular weight excluding hydrogens is 338 g/mol. The monoisotopic (exact) mass is 363 g/mol. The molecule has 0 unspecified atom stereocenters. The van der Waals surface area contributed by atoms with Crippen LogP contribution in [0.5, 0.6) is 0 Å². The fourth-order valence-corrected chi connectivity index (χ4v) is 3.19. The summed E-state index contributed by atoms with van der Waals surface area (Å²) in [6, 6.07) is 17.5. The Kier molecular flexibility index (Phi) is 6.26. The normalized spacial score (nSPS) is 14.4. The number of benzene rings is 2. The molecule has 2 aromatic carbocycles. The molecule has 0 aliphatic carbocycles. The molecule has 0 spiro atoms. The number of carbonyl (C=O) groups is 2. The van der Waals surface area contributed by atoms with Gasteiger partial charge in [0.2, 0.25) is 11.8 Å². The minimum Gasteiger partial charge on any atom is -0.366 e. The second-order valence-corrected chi connectivity index (χ2v) is 6.47. The zero-order valence-corrected chi connectivity index (χ0v) is 15.6. The van der Waals surface area contributed by atoms with Gasteiger partial charge in [0.05, 0.1) is 11.4 Å². The Bertz CT molecular complexity index is 809. The highest BCUT2D eigenvalue weighted by Gasteiger charge is 2.21. The molecule has 0 atom stereocenters. The molecule has 3 rings (SSSR count). The molecule has 1 heterocycles. The molecule has 5 heteroatoms. The molecule has 1 aliphatic heterocycles. The second kappa shape index (κ2) is 9.03. The summed E-state index contributed by atoms with van der Waals surface area (Å²) in [4.78, 5) is 28.3. The van der Waals surface area contributed by atoms with Crippen LogP contribution in [0.1, 0.15) is 18.9 Å². The van der Waals surface area contributed by atoms with Gasteiger partial charge in [0, 0.05) is 38.7 Å². The van der Waals surface area contributed by atoms with Crippen molar-refractivity contribution >= 4 is 29.3 Å². The van der Waals surface area contributed by atoms with E-state index in [9.17, 15) is 9.59 Å². The maximum atomic E-state index is 12.3. The molecule has 2 amide bonds. The fourth-order valence-electron chi connectivity index (χ4n) is 3.19. The van der Waals surface area contributed by atoms with Crippen LogP contribution in [0.3, 0.4) is 0 Å². The molecule has 1 N–H and O–H groups in total. The molecule has 1 fully saturated rings. The van der Waals surface area contributed by atoms with E-state index in [2.05, 4.69) is 10.2 Å². The third-order valence-corrected chi connectivity index (χ3v) is 4.66. The maximum absolute atomic E-state index is 12.3. The van der Waals surface area contributed by atoms with Gasteiger partial charge in [-0.25, -0.2) is 0 Å². The Morgan fingerprint density at radius 1 is 0.963 bits per heavy atom. The first-order chi connectivity index (χ1) is 13.2. The summed E-state index contributed by atoms with van der Waals surface area (Å²) in [5.74, 6) is 0.0355. The highest BCUT2D eigenvalue weighted by molar-refractivity contribution is 6.03. The molecule has 0 saturated carbocycles. The van der Waals surface area contributed by atoms with Crippen molar-refractivity contribution in [1.29, 1.82) is 0 Å². The number of para-hydroxylation sites is 2. The van der Waals surface area contributed by atoms with Crippen LogP contribution in [0, 0.1) is 0 Å². The van der Waals surface area contributed by atoms with Gasteiger partial charge in [0.25, 0.3) is 0 Å².